The molecule has 16 heavy (non-hydrogen) atoms. The number of nitriles is 1. The van der Waals surface area contributed by atoms with Crippen LogP contribution in [0.1, 0.15) is 29.2 Å². The number of nitrogens with zero attached hydrogens (tertiary/aromatic N) is 1. The molecule has 0 aliphatic heterocycles. The molecule has 84 valence electrons. The lowest BCUT2D eigenvalue weighted by atomic mass is 9.94. The molecule has 0 bridgehead atoms. The van der Waals surface area contributed by atoms with E-state index in [1.165, 1.54) is 0 Å². The second-order valence-electron chi connectivity index (χ2n) is 4.15. The van der Waals surface area contributed by atoms with Gasteiger partial charge in [-0.25, -0.2) is 0 Å². The summed E-state index contributed by atoms with van der Waals surface area (Å²) in [5, 5.41) is 17.8. The molecule has 0 fully saturated rings. The summed E-state index contributed by atoms with van der Waals surface area (Å²) in [5.41, 5.74) is 3.55. The van der Waals surface area contributed by atoms with Crippen molar-refractivity contribution in [3.05, 3.63) is 34.4 Å². The fraction of sp³-hybridized carbons (Fsp3) is 0.385. The standard InChI is InChI=1S/C13H15NO2/c1-8-4-9(2)12(7-14)6-11(8)5-10(3)13(15)16/h4,6,10H,5H2,1-3H3,(H,15,16). The number of rotatable bonds is 3. The first-order valence-corrected chi connectivity index (χ1v) is 5.18. The minimum atomic E-state index is -0.807. The zero-order valence-electron chi connectivity index (χ0n) is 9.74. The van der Waals surface area contributed by atoms with E-state index in [2.05, 4.69) is 6.07 Å². The number of carboxylic acids is 1. The fourth-order valence-corrected chi connectivity index (χ4v) is 1.65. The summed E-state index contributed by atoms with van der Waals surface area (Å²) in [6.07, 6.45) is 0.468. The van der Waals surface area contributed by atoms with Gasteiger partial charge in [0, 0.05) is 0 Å². The van der Waals surface area contributed by atoms with Crippen LogP contribution in [-0.4, -0.2) is 11.1 Å². The Bertz CT molecular complexity index is 458. The summed E-state index contributed by atoms with van der Waals surface area (Å²) in [4.78, 5) is 10.8. The average Bonchev–Trinajstić information content (AvgIpc) is 2.21. The van der Waals surface area contributed by atoms with E-state index in [0.717, 1.165) is 16.7 Å². The first-order chi connectivity index (χ1) is 7.45. The van der Waals surface area contributed by atoms with Crippen molar-refractivity contribution in [3.63, 3.8) is 0 Å². The van der Waals surface area contributed by atoms with Crippen LogP contribution < -0.4 is 0 Å². The monoisotopic (exact) mass is 217 g/mol. The first-order valence-electron chi connectivity index (χ1n) is 5.18. The third-order valence-corrected chi connectivity index (χ3v) is 2.75. The van der Waals surface area contributed by atoms with Gasteiger partial charge in [-0.1, -0.05) is 13.0 Å². The van der Waals surface area contributed by atoms with Gasteiger partial charge in [0.15, 0.2) is 0 Å². The number of carboxylic acid groups (broad SMARTS) is 1. The molecule has 1 aromatic rings. The second kappa shape index (κ2) is 4.80. The highest BCUT2D eigenvalue weighted by Gasteiger charge is 2.14. The third kappa shape index (κ3) is 2.60. The largest absolute Gasteiger partial charge is 0.481 e. The molecule has 1 rings (SSSR count). The minimum absolute atomic E-state index is 0.423. The van der Waals surface area contributed by atoms with Crippen LogP contribution in [0.3, 0.4) is 0 Å². The maximum absolute atomic E-state index is 10.8. The molecule has 1 unspecified atom stereocenters. The number of hydrogen-bond donors (Lipinski definition) is 1. The molecule has 3 nitrogen and oxygen atoms in total. The first kappa shape index (κ1) is 12.3. The average molecular weight is 217 g/mol. The Kier molecular flexibility index (Phi) is 3.68. The lowest BCUT2D eigenvalue weighted by molar-refractivity contribution is -0.141. The van der Waals surface area contributed by atoms with E-state index in [-0.39, 0.29) is 0 Å². The van der Waals surface area contributed by atoms with Gasteiger partial charge in [-0.15, -0.1) is 0 Å². The summed E-state index contributed by atoms with van der Waals surface area (Å²) in [6, 6.07) is 5.85. The predicted molar refractivity (Wildman–Crippen MR) is 61.1 cm³/mol. The van der Waals surface area contributed by atoms with Crippen molar-refractivity contribution in [1.82, 2.24) is 0 Å². The summed E-state index contributed by atoms with van der Waals surface area (Å²) in [7, 11) is 0. The van der Waals surface area contributed by atoms with Gasteiger partial charge in [0.25, 0.3) is 0 Å². The molecule has 1 aromatic carbocycles. The lowest BCUT2D eigenvalue weighted by Crippen LogP contribution is -2.13. The Morgan fingerprint density at radius 2 is 2.06 bits per heavy atom. The Hall–Kier alpha value is -1.82. The second-order valence-corrected chi connectivity index (χ2v) is 4.15. The molecule has 0 aliphatic carbocycles. The van der Waals surface area contributed by atoms with E-state index in [4.69, 9.17) is 10.4 Å². The molecule has 0 aliphatic rings. The fourth-order valence-electron chi connectivity index (χ4n) is 1.65. The van der Waals surface area contributed by atoms with Crippen LogP contribution in [0, 0.1) is 31.1 Å². The number of hydrogen-bond acceptors (Lipinski definition) is 2. The summed E-state index contributed by atoms with van der Waals surface area (Å²) in [6.45, 7) is 5.50. The third-order valence-electron chi connectivity index (χ3n) is 2.75. The molecular weight excluding hydrogens is 202 g/mol. The molecule has 1 N–H and O–H groups in total. The smallest absolute Gasteiger partial charge is 0.306 e. The SMILES string of the molecule is Cc1cc(C)c(CC(C)C(=O)O)cc1C#N. The van der Waals surface area contributed by atoms with Crippen LogP contribution in [0.2, 0.25) is 0 Å². The van der Waals surface area contributed by atoms with E-state index in [1.807, 2.05) is 19.9 Å². The van der Waals surface area contributed by atoms with E-state index in [1.54, 1.807) is 13.0 Å². The van der Waals surface area contributed by atoms with Gasteiger partial charge < -0.3 is 5.11 Å². The lowest BCUT2D eigenvalue weighted by Gasteiger charge is -2.11. The van der Waals surface area contributed by atoms with Gasteiger partial charge in [0.1, 0.15) is 0 Å². The number of aliphatic carboxylic acids is 1. The highest BCUT2D eigenvalue weighted by atomic mass is 16.4. The summed E-state index contributed by atoms with van der Waals surface area (Å²) < 4.78 is 0. The van der Waals surface area contributed by atoms with E-state index in [0.29, 0.717) is 12.0 Å². The Morgan fingerprint density at radius 3 is 2.56 bits per heavy atom. The number of aryl methyl sites for hydroxylation is 2. The van der Waals surface area contributed by atoms with Crippen LogP contribution in [0.4, 0.5) is 0 Å². The highest BCUT2D eigenvalue weighted by molar-refractivity contribution is 5.70. The number of benzene rings is 1. The summed E-state index contributed by atoms with van der Waals surface area (Å²) in [5.74, 6) is -1.23. The van der Waals surface area contributed by atoms with E-state index < -0.39 is 11.9 Å². The van der Waals surface area contributed by atoms with Gasteiger partial charge in [0.05, 0.1) is 17.6 Å². The molecule has 1 atom stereocenters. The maximum atomic E-state index is 10.8. The Balaban J connectivity index is 3.06. The molecular formula is C13H15NO2. The molecule has 0 saturated carbocycles. The van der Waals surface area contributed by atoms with Crippen molar-refractivity contribution in [1.29, 1.82) is 5.26 Å². The van der Waals surface area contributed by atoms with Crippen molar-refractivity contribution in [3.8, 4) is 6.07 Å². The van der Waals surface area contributed by atoms with Gasteiger partial charge in [-0.05, 0) is 43.0 Å². The molecule has 0 aromatic heterocycles. The zero-order chi connectivity index (χ0) is 12.3. The number of carbonyl (C=O) groups is 1. The maximum Gasteiger partial charge on any atom is 0.306 e. The van der Waals surface area contributed by atoms with Crippen molar-refractivity contribution in [2.75, 3.05) is 0 Å². The highest BCUT2D eigenvalue weighted by Crippen LogP contribution is 2.18. The molecule has 0 radical (unpaired) electrons. The predicted octanol–water partition coefficient (Wildman–Crippen LogP) is 2.44. The van der Waals surface area contributed by atoms with Crippen LogP contribution >= 0.6 is 0 Å². The molecule has 0 amide bonds. The van der Waals surface area contributed by atoms with Gasteiger partial charge >= 0.3 is 5.97 Å². The minimum Gasteiger partial charge on any atom is -0.481 e. The van der Waals surface area contributed by atoms with Crippen LogP contribution in [0.15, 0.2) is 12.1 Å². The molecule has 0 saturated heterocycles. The van der Waals surface area contributed by atoms with Crippen molar-refractivity contribution in [2.45, 2.75) is 27.2 Å². The summed E-state index contributed by atoms with van der Waals surface area (Å²) >= 11 is 0. The van der Waals surface area contributed by atoms with Crippen LogP contribution in [-0.2, 0) is 11.2 Å². The molecule has 0 heterocycles. The van der Waals surface area contributed by atoms with Gasteiger partial charge in [-0.3, -0.25) is 4.79 Å². The van der Waals surface area contributed by atoms with E-state index in [9.17, 15) is 4.79 Å². The van der Waals surface area contributed by atoms with Crippen LogP contribution in [0.5, 0.6) is 0 Å². The van der Waals surface area contributed by atoms with Crippen LogP contribution in [0.25, 0.3) is 0 Å². The van der Waals surface area contributed by atoms with Gasteiger partial charge in [-0.2, -0.15) is 5.26 Å². The Morgan fingerprint density at radius 1 is 1.44 bits per heavy atom. The van der Waals surface area contributed by atoms with Gasteiger partial charge in [0.2, 0.25) is 0 Å². The molecule has 3 heteroatoms. The van der Waals surface area contributed by atoms with Crippen molar-refractivity contribution in [2.24, 2.45) is 5.92 Å². The quantitative estimate of drug-likeness (QED) is 0.845. The normalized spacial score (nSPS) is 11.9. The Labute approximate surface area is 95.3 Å². The molecule has 0 spiro atoms. The van der Waals surface area contributed by atoms with E-state index >= 15 is 0 Å². The topological polar surface area (TPSA) is 61.1 Å². The van der Waals surface area contributed by atoms with Crippen molar-refractivity contribution >= 4 is 5.97 Å². The van der Waals surface area contributed by atoms with Crippen molar-refractivity contribution < 1.29 is 9.90 Å². The zero-order valence-corrected chi connectivity index (χ0v) is 9.74.